The van der Waals surface area contributed by atoms with Crippen molar-refractivity contribution in [3.63, 3.8) is 0 Å². The predicted octanol–water partition coefficient (Wildman–Crippen LogP) is 4.04. The summed E-state index contributed by atoms with van der Waals surface area (Å²) in [6.45, 7) is 2.32. The predicted molar refractivity (Wildman–Crippen MR) is 88.6 cm³/mol. The van der Waals surface area contributed by atoms with E-state index >= 15 is 0 Å². The third-order valence-corrected chi connectivity index (χ3v) is 8.63. The lowest BCUT2D eigenvalue weighted by Crippen LogP contribution is -2.21. The fraction of sp³-hybridized carbons (Fsp3) is 0.786. The zero-order valence-corrected chi connectivity index (χ0v) is 14.1. The van der Waals surface area contributed by atoms with Crippen LogP contribution in [-0.2, 0) is 6.42 Å². The van der Waals surface area contributed by atoms with Gasteiger partial charge in [0.15, 0.2) is 0 Å². The van der Waals surface area contributed by atoms with Crippen LogP contribution in [0.5, 0.6) is 0 Å². The van der Waals surface area contributed by atoms with Gasteiger partial charge in [-0.15, -0.1) is 23.1 Å². The Morgan fingerprint density at radius 3 is 2.95 bits per heavy atom. The van der Waals surface area contributed by atoms with Gasteiger partial charge in [-0.25, -0.2) is 4.98 Å². The van der Waals surface area contributed by atoms with E-state index in [2.05, 4.69) is 42.8 Å². The molecule has 19 heavy (non-hydrogen) atoms. The molecule has 106 valence electrons. The molecule has 3 rings (SSSR count). The van der Waals surface area contributed by atoms with Crippen molar-refractivity contribution < 1.29 is 0 Å². The molecule has 1 N–H and O–H groups in total. The molecule has 0 radical (unpaired) electrons. The van der Waals surface area contributed by atoms with Crippen molar-refractivity contribution in [3.8, 4) is 0 Å². The Labute approximate surface area is 128 Å². The topological polar surface area (TPSA) is 24.9 Å². The molecule has 1 aliphatic heterocycles. The smallest absolute Gasteiger partial charge is 0.107 e. The molecular weight excluding hydrogens is 292 g/mol. The number of nitrogens with one attached hydrogen (secondary N) is 1. The number of hydrogen-bond donors (Lipinski definition) is 1. The molecule has 1 saturated heterocycles. The van der Waals surface area contributed by atoms with E-state index in [-0.39, 0.29) is 0 Å². The molecule has 0 bridgehead atoms. The standard InChI is InChI=1S/C14H22N2S3/c1-3-10-13(18-8-7-17-10)14-16-12-9(15-2)5-4-6-11(12)19-14/h9-10,13,15H,3-8H2,1-2H3. The lowest BCUT2D eigenvalue weighted by atomic mass is 9.98. The molecule has 2 aliphatic rings. The molecular formula is C14H22N2S3. The molecule has 1 aromatic rings. The van der Waals surface area contributed by atoms with E-state index in [0.29, 0.717) is 11.3 Å². The number of aromatic nitrogens is 1. The maximum absolute atomic E-state index is 5.05. The average molecular weight is 315 g/mol. The highest BCUT2D eigenvalue weighted by Crippen LogP contribution is 2.47. The summed E-state index contributed by atoms with van der Waals surface area (Å²) in [4.78, 5) is 6.59. The van der Waals surface area contributed by atoms with Crippen molar-refractivity contribution in [1.29, 1.82) is 0 Å². The van der Waals surface area contributed by atoms with Crippen LogP contribution in [-0.4, -0.2) is 28.8 Å². The van der Waals surface area contributed by atoms with E-state index in [1.165, 1.54) is 47.9 Å². The minimum absolute atomic E-state index is 0.495. The first-order chi connectivity index (χ1) is 9.33. The van der Waals surface area contributed by atoms with Crippen LogP contribution in [0.15, 0.2) is 0 Å². The van der Waals surface area contributed by atoms with Gasteiger partial charge in [0.1, 0.15) is 5.01 Å². The quantitative estimate of drug-likeness (QED) is 0.910. The highest BCUT2D eigenvalue weighted by molar-refractivity contribution is 8.06. The zero-order chi connectivity index (χ0) is 13.2. The minimum atomic E-state index is 0.495. The van der Waals surface area contributed by atoms with Crippen molar-refractivity contribution in [2.45, 2.75) is 49.1 Å². The van der Waals surface area contributed by atoms with Crippen LogP contribution in [0.2, 0.25) is 0 Å². The molecule has 1 aliphatic carbocycles. The van der Waals surface area contributed by atoms with Gasteiger partial charge in [-0.1, -0.05) is 6.92 Å². The first-order valence-corrected chi connectivity index (χ1v) is 10.1. The Kier molecular flexibility index (Phi) is 4.78. The Balaban J connectivity index is 1.87. The second-order valence-corrected chi connectivity index (χ2v) is 8.91. The molecule has 1 fully saturated rings. The van der Waals surface area contributed by atoms with Gasteiger partial charge in [-0.2, -0.15) is 11.8 Å². The van der Waals surface area contributed by atoms with E-state index < -0.39 is 0 Å². The van der Waals surface area contributed by atoms with Gasteiger partial charge in [0.25, 0.3) is 0 Å². The molecule has 0 saturated carbocycles. The summed E-state index contributed by atoms with van der Waals surface area (Å²) in [5, 5.41) is 6.23. The number of thioether (sulfide) groups is 2. The second kappa shape index (κ2) is 6.37. The first-order valence-electron chi connectivity index (χ1n) is 7.23. The molecule has 0 amide bonds. The highest BCUT2D eigenvalue weighted by atomic mass is 32.2. The second-order valence-electron chi connectivity index (χ2n) is 5.20. The Bertz CT molecular complexity index is 432. The summed E-state index contributed by atoms with van der Waals surface area (Å²) in [7, 11) is 2.07. The summed E-state index contributed by atoms with van der Waals surface area (Å²) in [6.07, 6.45) is 5.06. The SMILES string of the molecule is CCC1SCCSC1c1nc2c(s1)CCCC2NC. The normalized spacial score (nSPS) is 31.2. The summed E-state index contributed by atoms with van der Waals surface area (Å²) < 4.78 is 0. The van der Waals surface area contributed by atoms with Crippen LogP contribution in [0.1, 0.15) is 53.1 Å². The number of fused-ring (bicyclic) bond motifs is 1. The molecule has 2 nitrogen and oxygen atoms in total. The van der Waals surface area contributed by atoms with Crippen LogP contribution in [0.3, 0.4) is 0 Å². The molecule has 1 aromatic heterocycles. The summed E-state index contributed by atoms with van der Waals surface area (Å²) >= 11 is 6.27. The van der Waals surface area contributed by atoms with Gasteiger partial charge in [-0.05, 0) is 32.7 Å². The summed E-state index contributed by atoms with van der Waals surface area (Å²) in [5.41, 5.74) is 1.36. The fourth-order valence-corrected chi connectivity index (χ4v) is 7.56. The van der Waals surface area contributed by atoms with Crippen LogP contribution in [0.25, 0.3) is 0 Å². The van der Waals surface area contributed by atoms with Crippen LogP contribution >= 0.6 is 34.9 Å². The fourth-order valence-electron chi connectivity index (χ4n) is 2.97. The van der Waals surface area contributed by atoms with E-state index in [1.807, 2.05) is 11.3 Å². The first kappa shape index (κ1) is 14.2. The molecule has 0 spiro atoms. The van der Waals surface area contributed by atoms with Gasteiger partial charge in [-0.3, -0.25) is 0 Å². The van der Waals surface area contributed by atoms with Gasteiger partial charge >= 0.3 is 0 Å². The Hall–Kier alpha value is 0.290. The number of hydrogen-bond acceptors (Lipinski definition) is 5. The monoisotopic (exact) mass is 314 g/mol. The van der Waals surface area contributed by atoms with Crippen molar-refractivity contribution in [1.82, 2.24) is 10.3 Å². The number of nitrogens with zero attached hydrogens (tertiary/aromatic N) is 1. The summed E-state index contributed by atoms with van der Waals surface area (Å²) in [6, 6.07) is 0.495. The van der Waals surface area contributed by atoms with Gasteiger partial charge < -0.3 is 5.32 Å². The molecule has 2 heterocycles. The maximum Gasteiger partial charge on any atom is 0.107 e. The van der Waals surface area contributed by atoms with E-state index in [1.54, 1.807) is 4.88 Å². The van der Waals surface area contributed by atoms with Gasteiger partial charge in [0.05, 0.1) is 17.0 Å². The van der Waals surface area contributed by atoms with Crippen LogP contribution in [0.4, 0.5) is 0 Å². The Morgan fingerprint density at radius 1 is 1.32 bits per heavy atom. The number of rotatable bonds is 3. The van der Waals surface area contributed by atoms with Crippen molar-refractivity contribution in [2.24, 2.45) is 0 Å². The number of thiazole rings is 1. The minimum Gasteiger partial charge on any atom is -0.312 e. The molecule has 3 atom stereocenters. The van der Waals surface area contributed by atoms with E-state index in [0.717, 1.165) is 5.25 Å². The van der Waals surface area contributed by atoms with Crippen LogP contribution in [0, 0.1) is 0 Å². The third kappa shape index (κ3) is 2.85. The zero-order valence-electron chi connectivity index (χ0n) is 11.6. The maximum atomic E-state index is 5.05. The van der Waals surface area contributed by atoms with Gasteiger partial charge in [0.2, 0.25) is 0 Å². The number of aryl methyl sites for hydroxylation is 1. The van der Waals surface area contributed by atoms with Gasteiger partial charge in [0, 0.05) is 21.6 Å². The highest BCUT2D eigenvalue weighted by Gasteiger charge is 2.32. The Morgan fingerprint density at radius 2 is 2.16 bits per heavy atom. The van der Waals surface area contributed by atoms with E-state index in [4.69, 9.17) is 4.98 Å². The lowest BCUT2D eigenvalue weighted by Gasteiger charge is -2.28. The molecule has 5 heteroatoms. The largest absolute Gasteiger partial charge is 0.312 e. The van der Waals surface area contributed by atoms with Crippen LogP contribution < -0.4 is 5.32 Å². The van der Waals surface area contributed by atoms with Crippen molar-refractivity contribution in [3.05, 3.63) is 15.6 Å². The molecule has 3 unspecified atom stereocenters. The third-order valence-electron chi connectivity index (χ3n) is 4.02. The van der Waals surface area contributed by atoms with Crippen molar-refractivity contribution >= 4 is 34.9 Å². The molecule has 0 aromatic carbocycles. The van der Waals surface area contributed by atoms with E-state index in [9.17, 15) is 0 Å². The van der Waals surface area contributed by atoms with Crippen molar-refractivity contribution in [2.75, 3.05) is 18.6 Å². The average Bonchev–Trinajstić information content (AvgIpc) is 2.90. The lowest BCUT2D eigenvalue weighted by molar-refractivity contribution is 0.488. The summed E-state index contributed by atoms with van der Waals surface area (Å²) in [5.74, 6) is 2.59.